The van der Waals surface area contributed by atoms with Crippen molar-refractivity contribution in [3.63, 3.8) is 0 Å². The van der Waals surface area contributed by atoms with Gasteiger partial charge in [-0.25, -0.2) is 4.68 Å². The maximum absolute atomic E-state index is 11.4. The summed E-state index contributed by atoms with van der Waals surface area (Å²) < 4.78 is 1.79. The van der Waals surface area contributed by atoms with Crippen molar-refractivity contribution in [2.75, 3.05) is 0 Å². The Hall–Kier alpha value is -2.14. The normalized spacial score (nSPS) is 11.5. The van der Waals surface area contributed by atoms with Crippen molar-refractivity contribution in [3.05, 3.63) is 48.3 Å². The van der Waals surface area contributed by atoms with Crippen LogP contribution in [0.15, 0.2) is 42.6 Å². The topological polar surface area (TPSA) is 67.2 Å². The van der Waals surface area contributed by atoms with Gasteiger partial charge in [0.25, 0.3) is 0 Å². The molecule has 0 amide bonds. The van der Waals surface area contributed by atoms with Gasteiger partial charge in [-0.2, -0.15) is 5.10 Å². The number of carbonyl (C=O) groups is 1. The second-order valence-corrected chi connectivity index (χ2v) is 5.04. The Morgan fingerprint density at radius 2 is 1.90 bits per heavy atom. The van der Waals surface area contributed by atoms with E-state index in [0.717, 1.165) is 11.4 Å². The summed E-state index contributed by atoms with van der Waals surface area (Å²) in [5, 5.41) is 17.0. The van der Waals surface area contributed by atoms with Crippen molar-refractivity contribution in [1.82, 2.24) is 15.1 Å². The molecule has 1 aromatic heterocycles. The quantitative estimate of drug-likeness (QED) is 0.821. The van der Waals surface area contributed by atoms with E-state index in [9.17, 15) is 9.90 Å². The fourth-order valence-electron chi connectivity index (χ4n) is 2.32. The van der Waals surface area contributed by atoms with Crippen molar-refractivity contribution < 1.29 is 9.90 Å². The lowest BCUT2D eigenvalue weighted by Gasteiger charge is -2.27. The Balaban J connectivity index is 2.08. The molecule has 0 radical (unpaired) electrons. The van der Waals surface area contributed by atoms with E-state index in [1.807, 2.05) is 56.4 Å². The number of nitrogens with zero attached hydrogens (tertiary/aromatic N) is 2. The van der Waals surface area contributed by atoms with Crippen LogP contribution in [0.25, 0.3) is 5.69 Å². The van der Waals surface area contributed by atoms with Crippen LogP contribution < -0.4 is 5.32 Å². The number of rotatable bonds is 7. The number of hydrogen-bond donors (Lipinski definition) is 2. The molecule has 5 heteroatoms. The Morgan fingerprint density at radius 3 is 2.48 bits per heavy atom. The molecule has 21 heavy (non-hydrogen) atoms. The van der Waals surface area contributed by atoms with Crippen LogP contribution in [0.2, 0.25) is 0 Å². The Bertz CT molecular complexity index is 589. The summed E-state index contributed by atoms with van der Waals surface area (Å²) in [7, 11) is 0. The number of carboxylic acid groups (broad SMARTS) is 1. The van der Waals surface area contributed by atoms with E-state index in [1.54, 1.807) is 4.68 Å². The first-order valence-corrected chi connectivity index (χ1v) is 7.19. The van der Waals surface area contributed by atoms with Gasteiger partial charge >= 0.3 is 5.97 Å². The highest BCUT2D eigenvalue weighted by molar-refractivity contribution is 5.78. The molecule has 2 aromatic rings. The number of carboxylic acids is 1. The zero-order valence-corrected chi connectivity index (χ0v) is 12.4. The average Bonchev–Trinajstić information content (AvgIpc) is 2.98. The molecule has 0 aliphatic rings. The fourth-order valence-corrected chi connectivity index (χ4v) is 2.32. The molecule has 0 saturated carbocycles. The Labute approximate surface area is 124 Å². The van der Waals surface area contributed by atoms with E-state index in [0.29, 0.717) is 19.4 Å². The molecular formula is C16H21N3O2. The predicted molar refractivity (Wildman–Crippen MR) is 81.4 cm³/mol. The molecule has 0 saturated heterocycles. The number of benzene rings is 1. The standard InChI is InChI=1S/C16H21N3O2/c1-3-16(4-2,15(20)21)17-12-13-10-11-19(18-13)14-8-6-5-7-9-14/h5-11,17H,3-4,12H2,1-2H3,(H,20,21). The third-order valence-corrected chi connectivity index (χ3v) is 3.89. The van der Waals surface area contributed by atoms with Gasteiger partial charge in [-0.05, 0) is 31.0 Å². The molecule has 5 nitrogen and oxygen atoms in total. The number of para-hydroxylation sites is 1. The van der Waals surface area contributed by atoms with E-state index in [-0.39, 0.29) is 0 Å². The van der Waals surface area contributed by atoms with Crippen LogP contribution in [0, 0.1) is 0 Å². The summed E-state index contributed by atoms with van der Waals surface area (Å²) in [6.07, 6.45) is 2.96. The Kier molecular flexibility index (Phi) is 4.75. The summed E-state index contributed by atoms with van der Waals surface area (Å²) in [4.78, 5) is 11.4. The van der Waals surface area contributed by atoms with Crippen LogP contribution in [-0.4, -0.2) is 26.4 Å². The maximum Gasteiger partial charge on any atom is 0.323 e. The van der Waals surface area contributed by atoms with Gasteiger partial charge in [-0.3, -0.25) is 10.1 Å². The van der Waals surface area contributed by atoms with E-state index >= 15 is 0 Å². The molecule has 0 aliphatic carbocycles. The van der Waals surface area contributed by atoms with Crippen LogP contribution in [-0.2, 0) is 11.3 Å². The van der Waals surface area contributed by atoms with Gasteiger partial charge in [0.15, 0.2) is 0 Å². The number of aromatic nitrogens is 2. The van der Waals surface area contributed by atoms with Gasteiger partial charge in [0.1, 0.15) is 5.54 Å². The smallest absolute Gasteiger partial charge is 0.323 e. The molecule has 0 unspecified atom stereocenters. The molecule has 0 aliphatic heterocycles. The van der Waals surface area contributed by atoms with Crippen molar-refractivity contribution in [2.45, 2.75) is 38.8 Å². The predicted octanol–water partition coefficient (Wildman–Crippen LogP) is 2.61. The largest absolute Gasteiger partial charge is 0.480 e. The second-order valence-electron chi connectivity index (χ2n) is 5.04. The monoisotopic (exact) mass is 287 g/mol. The highest BCUT2D eigenvalue weighted by Crippen LogP contribution is 2.16. The van der Waals surface area contributed by atoms with Gasteiger partial charge in [-0.1, -0.05) is 32.0 Å². The molecule has 0 bridgehead atoms. The lowest BCUT2D eigenvalue weighted by atomic mass is 9.93. The minimum atomic E-state index is -0.878. The first kappa shape index (κ1) is 15.3. The molecule has 2 rings (SSSR count). The first-order chi connectivity index (χ1) is 10.1. The van der Waals surface area contributed by atoms with E-state index < -0.39 is 11.5 Å². The van der Waals surface area contributed by atoms with Crippen molar-refractivity contribution in [2.24, 2.45) is 0 Å². The van der Waals surface area contributed by atoms with Crippen LogP contribution in [0.3, 0.4) is 0 Å². The van der Waals surface area contributed by atoms with Gasteiger partial charge in [0.05, 0.1) is 11.4 Å². The zero-order valence-electron chi connectivity index (χ0n) is 12.4. The molecule has 0 atom stereocenters. The second kappa shape index (κ2) is 6.54. The third kappa shape index (κ3) is 3.31. The van der Waals surface area contributed by atoms with E-state index in [1.165, 1.54) is 0 Å². The van der Waals surface area contributed by atoms with Gasteiger partial charge in [0.2, 0.25) is 0 Å². The molecule has 2 N–H and O–H groups in total. The summed E-state index contributed by atoms with van der Waals surface area (Å²) >= 11 is 0. The summed E-state index contributed by atoms with van der Waals surface area (Å²) in [6, 6.07) is 11.7. The van der Waals surface area contributed by atoms with E-state index in [2.05, 4.69) is 10.4 Å². The SMILES string of the molecule is CCC(CC)(NCc1ccn(-c2ccccc2)n1)C(=O)O. The van der Waals surface area contributed by atoms with Crippen LogP contribution >= 0.6 is 0 Å². The number of aliphatic carboxylic acids is 1. The lowest BCUT2D eigenvalue weighted by molar-refractivity contribution is -0.145. The molecular weight excluding hydrogens is 266 g/mol. The Morgan fingerprint density at radius 1 is 1.24 bits per heavy atom. The molecule has 1 heterocycles. The average molecular weight is 287 g/mol. The molecule has 112 valence electrons. The van der Waals surface area contributed by atoms with Crippen LogP contribution in [0.4, 0.5) is 0 Å². The van der Waals surface area contributed by atoms with Crippen molar-refractivity contribution >= 4 is 5.97 Å². The summed E-state index contributed by atoms with van der Waals surface area (Å²) in [5.41, 5.74) is 0.932. The minimum Gasteiger partial charge on any atom is -0.480 e. The third-order valence-electron chi connectivity index (χ3n) is 3.89. The van der Waals surface area contributed by atoms with Gasteiger partial charge in [0, 0.05) is 12.7 Å². The van der Waals surface area contributed by atoms with Gasteiger partial charge in [-0.15, -0.1) is 0 Å². The molecule has 0 fully saturated rings. The number of nitrogens with one attached hydrogen (secondary N) is 1. The summed E-state index contributed by atoms with van der Waals surface area (Å²) in [6.45, 7) is 4.20. The van der Waals surface area contributed by atoms with Gasteiger partial charge < -0.3 is 5.11 Å². The molecule has 1 aromatic carbocycles. The fraction of sp³-hybridized carbons (Fsp3) is 0.375. The summed E-state index contributed by atoms with van der Waals surface area (Å²) in [5.74, 6) is -0.810. The lowest BCUT2D eigenvalue weighted by Crippen LogP contribution is -2.50. The number of hydrogen-bond acceptors (Lipinski definition) is 3. The van der Waals surface area contributed by atoms with Crippen molar-refractivity contribution in [3.8, 4) is 5.69 Å². The van der Waals surface area contributed by atoms with E-state index in [4.69, 9.17) is 0 Å². The highest BCUT2D eigenvalue weighted by Gasteiger charge is 2.34. The first-order valence-electron chi connectivity index (χ1n) is 7.19. The van der Waals surface area contributed by atoms with Crippen LogP contribution in [0.1, 0.15) is 32.4 Å². The maximum atomic E-state index is 11.4. The molecule has 0 spiro atoms. The van der Waals surface area contributed by atoms with Crippen molar-refractivity contribution in [1.29, 1.82) is 0 Å². The van der Waals surface area contributed by atoms with Crippen LogP contribution in [0.5, 0.6) is 0 Å². The minimum absolute atomic E-state index is 0.438. The highest BCUT2D eigenvalue weighted by atomic mass is 16.4. The zero-order chi connectivity index (χ0) is 15.3.